The molecule has 0 saturated carbocycles. The Morgan fingerprint density at radius 1 is 1.30 bits per heavy atom. The zero-order chi connectivity index (χ0) is 14.6. The van der Waals surface area contributed by atoms with Gasteiger partial charge in [-0.3, -0.25) is 0 Å². The second kappa shape index (κ2) is 6.34. The van der Waals surface area contributed by atoms with Gasteiger partial charge in [0, 0.05) is 35.1 Å². The number of nitrogens with zero attached hydrogens (tertiary/aromatic N) is 1. The van der Waals surface area contributed by atoms with E-state index in [9.17, 15) is 8.42 Å². The quantitative estimate of drug-likeness (QED) is 0.859. The molecule has 7 heteroatoms. The van der Waals surface area contributed by atoms with Gasteiger partial charge in [0.2, 0.25) is 10.0 Å². The number of pyridine rings is 1. The molecule has 0 spiro atoms. The molecule has 0 atom stereocenters. The molecule has 5 nitrogen and oxygen atoms in total. The topological polar surface area (TPSA) is 71.1 Å². The smallest absolute Gasteiger partial charge is 0.241 e. The summed E-state index contributed by atoms with van der Waals surface area (Å²) in [5, 5.41) is 3.00. The minimum Gasteiger partial charge on any atom is -0.370 e. The zero-order valence-corrected chi connectivity index (χ0v) is 13.0. The lowest BCUT2D eigenvalue weighted by Gasteiger charge is -2.07. The predicted molar refractivity (Wildman–Crippen MR) is 81.5 cm³/mol. The summed E-state index contributed by atoms with van der Waals surface area (Å²) in [5.41, 5.74) is 0. The van der Waals surface area contributed by atoms with Crippen molar-refractivity contribution in [3.05, 3.63) is 40.2 Å². The van der Waals surface area contributed by atoms with E-state index < -0.39 is 10.0 Å². The third-order valence-electron chi connectivity index (χ3n) is 2.63. The van der Waals surface area contributed by atoms with E-state index in [4.69, 9.17) is 0 Å². The predicted octanol–water partition coefficient (Wildman–Crippen LogP) is 2.36. The Morgan fingerprint density at radius 2 is 2.10 bits per heavy atom. The number of rotatable bonds is 6. The molecule has 2 heterocycles. The van der Waals surface area contributed by atoms with Gasteiger partial charge in [-0.25, -0.2) is 18.1 Å². The number of thiophene rings is 1. The van der Waals surface area contributed by atoms with Crippen molar-refractivity contribution in [1.29, 1.82) is 0 Å². The number of aryl methyl sites for hydroxylation is 1. The van der Waals surface area contributed by atoms with E-state index in [0.717, 1.165) is 9.75 Å². The van der Waals surface area contributed by atoms with Crippen molar-refractivity contribution >= 4 is 27.2 Å². The van der Waals surface area contributed by atoms with Crippen molar-refractivity contribution in [1.82, 2.24) is 9.71 Å². The first-order valence-electron chi connectivity index (χ1n) is 6.26. The van der Waals surface area contributed by atoms with Gasteiger partial charge < -0.3 is 5.32 Å². The molecule has 0 radical (unpaired) electrons. The molecule has 0 saturated heterocycles. The lowest BCUT2D eigenvalue weighted by molar-refractivity contribution is 0.581. The van der Waals surface area contributed by atoms with Crippen molar-refractivity contribution in [3.8, 4) is 0 Å². The van der Waals surface area contributed by atoms with Gasteiger partial charge in [0.05, 0.1) is 4.90 Å². The molecule has 0 aliphatic heterocycles. The van der Waals surface area contributed by atoms with Crippen molar-refractivity contribution in [2.75, 3.05) is 11.9 Å². The Labute approximate surface area is 123 Å². The fourth-order valence-corrected chi connectivity index (χ4v) is 3.63. The Bertz CT molecular complexity index is 680. The lowest BCUT2D eigenvalue weighted by Crippen LogP contribution is -2.23. The summed E-state index contributed by atoms with van der Waals surface area (Å²) >= 11 is 1.58. The normalized spacial score (nSPS) is 11.5. The molecule has 0 aliphatic carbocycles. The number of hydrogen-bond donors (Lipinski definition) is 2. The van der Waals surface area contributed by atoms with E-state index in [-0.39, 0.29) is 4.90 Å². The van der Waals surface area contributed by atoms with Gasteiger partial charge in [-0.15, -0.1) is 11.3 Å². The van der Waals surface area contributed by atoms with Crippen LogP contribution in [0.4, 0.5) is 5.82 Å². The molecule has 0 aromatic carbocycles. The van der Waals surface area contributed by atoms with Crippen LogP contribution in [0.5, 0.6) is 0 Å². The molecule has 0 aliphatic rings. The van der Waals surface area contributed by atoms with Gasteiger partial charge in [0.15, 0.2) is 0 Å². The maximum Gasteiger partial charge on any atom is 0.241 e. The summed E-state index contributed by atoms with van der Waals surface area (Å²) in [7, 11) is -3.51. The first-order chi connectivity index (χ1) is 9.51. The van der Waals surface area contributed by atoms with E-state index in [0.29, 0.717) is 18.9 Å². The highest BCUT2D eigenvalue weighted by molar-refractivity contribution is 7.89. The summed E-state index contributed by atoms with van der Waals surface area (Å²) in [6.45, 7) is 4.92. The van der Waals surface area contributed by atoms with Crippen LogP contribution in [0.2, 0.25) is 0 Å². The van der Waals surface area contributed by atoms with Crippen LogP contribution in [0, 0.1) is 6.92 Å². The van der Waals surface area contributed by atoms with Crippen LogP contribution in [0.1, 0.15) is 16.7 Å². The van der Waals surface area contributed by atoms with Gasteiger partial charge in [-0.1, -0.05) is 0 Å². The fourth-order valence-electron chi connectivity index (χ4n) is 1.69. The summed E-state index contributed by atoms with van der Waals surface area (Å²) < 4.78 is 27.0. The number of anilines is 1. The average Bonchev–Trinajstić information content (AvgIpc) is 2.83. The first-order valence-corrected chi connectivity index (χ1v) is 8.56. The van der Waals surface area contributed by atoms with Crippen LogP contribution in [0.25, 0.3) is 0 Å². The SMILES string of the molecule is CCNc1cc(S(=O)(=O)NCc2ccc(C)s2)ccn1. The van der Waals surface area contributed by atoms with E-state index in [1.54, 1.807) is 11.3 Å². The third-order valence-corrected chi connectivity index (χ3v) is 5.03. The molecule has 2 rings (SSSR count). The van der Waals surface area contributed by atoms with Crippen LogP contribution in [0.15, 0.2) is 35.4 Å². The molecular formula is C13H17N3O2S2. The van der Waals surface area contributed by atoms with Gasteiger partial charge in [-0.05, 0) is 32.0 Å². The highest BCUT2D eigenvalue weighted by atomic mass is 32.2. The first kappa shape index (κ1) is 15.0. The number of hydrogen-bond acceptors (Lipinski definition) is 5. The fraction of sp³-hybridized carbons (Fsp3) is 0.308. The second-order valence-electron chi connectivity index (χ2n) is 4.24. The molecule has 0 amide bonds. The van der Waals surface area contributed by atoms with Crippen molar-refractivity contribution in [2.24, 2.45) is 0 Å². The molecule has 0 fully saturated rings. The zero-order valence-electron chi connectivity index (χ0n) is 11.4. The maximum atomic E-state index is 12.2. The average molecular weight is 311 g/mol. The Kier molecular flexibility index (Phi) is 4.74. The van der Waals surface area contributed by atoms with E-state index in [1.807, 2.05) is 26.0 Å². The van der Waals surface area contributed by atoms with Crippen molar-refractivity contribution in [2.45, 2.75) is 25.3 Å². The van der Waals surface area contributed by atoms with Crippen molar-refractivity contribution < 1.29 is 8.42 Å². The third kappa shape index (κ3) is 3.78. The molecule has 2 aromatic heterocycles. The summed E-state index contributed by atoms with van der Waals surface area (Å²) in [6, 6.07) is 6.93. The number of nitrogens with one attached hydrogen (secondary N) is 2. The van der Waals surface area contributed by atoms with Gasteiger partial charge in [0.25, 0.3) is 0 Å². The van der Waals surface area contributed by atoms with Crippen LogP contribution < -0.4 is 10.0 Å². The molecular weight excluding hydrogens is 294 g/mol. The molecule has 108 valence electrons. The molecule has 0 unspecified atom stereocenters. The van der Waals surface area contributed by atoms with Crippen LogP contribution >= 0.6 is 11.3 Å². The van der Waals surface area contributed by atoms with Crippen molar-refractivity contribution in [3.63, 3.8) is 0 Å². The van der Waals surface area contributed by atoms with E-state index >= 15 is 0 Å². The highest BCUT2D eigenvalue weighted by Gasteiger charge is 2.14. The number of aromatic nitrogens is 1. The van der Waals surface area contributed by atoms with Gasteiger partial charge in [-0.2, -0.15) is 0 Å². The molecule has 20 heavy (non-hydrogen) atoms. The van der Waals surface area contributed by atoms with Crippen LogP contribution in [-0.4, -0.2) is 19.9 Å². The standard InChI is InChI=1S/C13H17N3O2S2/c1-3-14-13-8-12(6-7-15-13)20(17,18)16-9-11-5-4-10(2)19-11/h4-8,16H,3,9H2,1-2H3,(H,14,15). The molecule has 2 aromatic rings. The molecule has 2 N–H and O–H groups in total. The van der Waals surface area contributed by atoms with Crippen LogP contribution in [-0.2, 0) is 16.6 Å². The lowest BCUT2D eigenvalue weighted by atomic mass is 10.4. The Hall–Kier alpha value is -1.44. The number of sulfonamides is 1. The molecule has 0 bridgehead atoms. The Morgan fingerprint density at radius 3 is 2.75 bits per heavy atom. The maximum absolute atomic E-state index is 12.2. The summed E-state index contributed by atoms with van der Waals surface area (Å²) in [4.78, 5) is 6.44. The summed E-state index contributed by atoms with van der Waals surface area (Å²) in [6.07, 6.45) is 1.49. The minimum absolute atomic E-state index is 0.219. The van der Waals surface area contributed by atoms with E-state index in [2.05, 4.69) is 15.0 Å². The highest BCUT2D eigenvalue weighted by Crippen LogP contribution is 2.17. The summed E-state index contributed by atoms with van der Waals surface area (Å²) in [5.74, 6) is 0.558. The van der Waals surface area contributed by atoms with Gasteiger partial charge in [0.1, 0.15) is 5.82 Å². The second-order valence-corrected chi connectivity index (χ2v) is 7.38. The minimum atomic E-state index is -3.51. The Balaban J connectivity index is 2.11. The van der Waals surface area contributed by atoms with Crippen LogP contribution in [0.3, 0.4) is 0 Å². The largest absolute Gasteiger partial charge is 0.370 e. The van der Waals surface area contributed by atoms with Gasteiger partial charge >= 0.3 is 0 Å². The monoisotopic (exact) mass is 311 g/mol. The van der Waals surface area contributed by atoms with E-state index in [1.165, 1.54) is 18.3 Å².